The molecule has 0 bridgehead atoms. The lowest BCUT2D eigenvalue weighted by Crippen LogP contribution is -2.38. The van der Waals surface area contributed by atoms with Gasteiger partial charge in [0.2, 0.25) is 0 Å². The third-order valence-electron chi connectivity index (χ3n) is 4.55. The van der Waals surface area contributed by atoms with Crippen LogP contribution in [0.4, 0.5) is 0 Å². The van der Waals surface area contributed by atoms with Crippen LogP contribution >= 0.6 is 0 Å². The Hall–Kier alpha value is -2.69. The first-order valence-corrected chi connectivity index (χ1v) is 9.15. The average Bonchev–Trinajstić information content (AvgIpc) is 2.68. The fourth-order valence-electron chi connectivity index (χ4n) is 2.86. The summed E-state index contributed by atoms with van der Waals surface area (Å²) in [5.74, 6) is 1.88. The van der Waals surface area contributed by atoms with Crippen LogP contribution in [0.5, 0.6) is 17.2 Å². The van der Waals surface area contributed by atoms with Gasteiger partial charge in [-0.3, -0.25) is 4.79 Å². The maximum absolute atomic E-state index is 12.7. The number of methoxy groups -OCH3 is 2. The predicted octanol–water partition coefficient (Wildman–Crippen LogP) is 4.36. The monoisotopic (exact) mass is 371 g/mol. The van der Waals surface area contributed by atoms with Gasteiger partial charge in [0.05, 0.1) is 20.3 Å². The number of hydrogen-bond donors (Lipinski definition) is 1. The van der Waals surface area contributed by atoms with Crippen molar-refractivity contribution in [2.75, 3.05) is 14.2 Å². The predicted molar refractivity (Wildman–Crippen MR) is 107 cm³/mol. The van der Waals surface area contributed by atoms with Crippen molar-refractivity contribution in [3.63, 3.8) is 0 Å². The highest BCUT2D eigenvalue weighted by molar-refractivity contribution is 5.81. The van der Waals surface area contributed by atoms with Crippen LogP contribution in [-0.4, -0.2) is 26.2 Å². The van der Waals surface area contributed by atoms with Gasteiger partial charge in [0.25, 0.3) is 5.91 Å². The normalized spacial score (nSPS) is 12.8. The summed E-state index contributed by atoms with van der Waals surface area (Å²) >= 11 is 0. The molecule has 2 aromatic rings. The van der Waals surface area contributed by atoms with Crippen LogP contribution in [-0.2, 0) is 4.79 Å². The summed E-state index contributed by atoms with van der Waals surface area (Å²) in [6.45, 7) is 7.76. The summed E-state index contributed by atoms with van der Waals surface area (Å²) in [5, 5.41) is 3.07. The van der Waals surface area contributed by atoms with Gasteiger partial charge in [-0.05, 0) is 62.1 Å². The van der Waals surface area contributed by atoms with E-state index in [-0.39, 0.29) is 11.9 Å². The molecular formula is C22H29NO4. The molecule has 5 heteroatoms. The minimum absolute atomic E-state index is 0.137. The fraction of sp³-hybridized carbons (Fsp3) is 0.409. The van der Waals surface area contributed by atoms with Crippen LogP contribution in [0.1, 0.15) is 43.0 Å². The highest BCUT2D eigenvalue weighted by Crippen LogP contribution is 2.31. The molecule has 2 rings (SSSR count). The van der Waals surface area contributed by atoms with Crippen molar-refractivity contribution in [2.24, 2.45) is 0 Å². The van der Waals surface area contributed by atoms with E-state index in [1.54, 1.807) is 21.1 Å². The summed E-state index contributed by atoms with van der Waals surface area (Å²) in [7, 11) is 3.20. The van der Waals surface area contributed by atoms with Gasteiger partial charge in [-0.2, -0.15) is 0 Å². The molecule has 0 unspecified atom stereocenters. The zero-order chi connectivity index (χ0) is 20.0. The first-order chi connectivity index (χ1) is 12.9. The number of carbonyl (C=O) groups is 1. The number of nitrogens with one attached hydrogen (secondary N) is 1. The minimum atomic E-state index is -0.598. The Balaban J connectivity index is 2.11. The van der Waals surface area contributed by atoms with E-state index < -0.39 is 6.10 Å². The molecule has 0 saturated carbocycles. The Kier molecular flexibility index (Phi) is 7.11. The zero-order valence-corrected chi connectivity index (χ0v) is 17.0. The summed E-state index contributed by atoms with van der Waals surface area (Å²) in [5.41, 5.74) is 3.06. The van der Waals surface area contributed by atoms with Gasteiger partial charge in [-0.15, -0.1) is 0 Å². The van der Waals surface area contributed by atoms with Crippen molar-refractivity contribution in [3.8, 4) is 17.2 Å². The van der Waals surface area contributed by atoms with Crippen LogP contribution in [0.2, 0.25) is 0 Å². The fourth-order valence-corrected chi connectivity index (χ4v) is 2.86. The summed E-state index contributed by atoms with van der Waals surface area (Å²) in [6, 6.07) is 11.5. The van der Waals surface area contributed by atoms with Gasteiger partial charge in [-0.1, -0.05) is 25.1 Å². The van der Waals surface area contributed by atoms with Crippen LogP contribution in [0.25, 0.3) is 0 Å². The molecular weight excluding hydrogens is 342 g/mol. The topological polar surface area (TPSA) is 56.8 Å². The van der Waals surface area contributed by atoms with Crippen molar-refractivity contribution in [1.82, 2.24) is 5.32 Å². The second-order valence-corrected chi connectivity index (χ2v) is 6.61. The van der Waals surface area contributed by atoms with Crippen LogP contribution in [0.15, 0.2) is 36.4 Å². The lowest BCUT2D eigenvalue weighted by Gasteiger charge is -2.22. The van der Waals surface area contributed by atoms with E-state index >= 15 is 0 Å². The maximum atomic E-state index is 12.7. The van der Waals surface area contributed by atoms with E-state index in [0.29, 0.717) is 11.5 Å². The summed E-state index contributed by atoms with van der Waals surface area (Å²) < 4.78 is 16.5. The largest absolute Gasteiger partial charge is 0.493 e. The van der Waals surface area contributed by atoms with Gasteiger partial charge in [0, 0.05) is 0 Å². The maximum Gasteiger partial charge on any atom is 0.261 e. The standard InChI is InChI=1S/C22H29NO4/c1-7-18(17-10-11-19(25-5)21(13-17)26-6)23-22(24)16(4)27-20-12-14(2)8-9-15(20)3/h8-13,16,18H,7H2,1-6H3,(H,23,24)/t16-,18-/m0/s1. The minimum Gasteiger partial charge on any atom is -0.493 e. The quantitative estimate of drug-likeness (QED) is 0.749. The van der Waals surface area contributed by atoms with E-state index in [9.17, 15) is 4.79 Å². The lowest BCUT2D eigenvalue weighted by atomic mass is 10.0. The van der Waals surface area contributed by atoms with Crippen LogP contribution in [0.3, 0.4) is 0 Å². The van der Waals surface area contributed by atoms with E-state index in [4.69, 9.17) is 14.2 Å². The van der Waals surface area contributed by atoms with Crippen molar-refractivity contribution in [1.29, 1.82) is 0 Å². The Bertz CT molecular complexity index is 788. The number of rotatable bonds is 8. The molecule has 27 heavy (non-hydrogen) atoms. The third-order valence-corrected chi connectivity index (χ3v) is 4.55. The first-order valence-electron chi connectivity index (χ1n) is 9.15. The van der Waals surface area contributed by atoms with Gasteiger partial charge in [0.1, 0.15) is 5.75 Å². The molecule has 0 saturated heterocycles. The van der Waals surface area contributed by atoms with Gasteiger partial charge in [0.15, 0.2) is 17.6 Å². The number of amides is 1. The Labute approximate surface area is 161 Å². The number of aryl methyl sites for hydroxylation is 2. The number of hydrogen-bond acceptors (Lipinski definition) is 4. The Morgan fingerprint density at radius 2 is 1.70 bits per heavy atom. The van der Waals surface area contributed by atoms with E-state index in [0.717, 1.165) is 28.9 Å². The molecule has 0 aliphatic heterocycles. The van der Waals surface area contributed by atoms with Crippen LogP contribution < -0.4 is 19.5 Å². The third kappa shape index (κ3) is 5.16. The molecule has 1 amide bonds. The smallest absolute Gasteiger partial charge is 0.261 e. The molecule has 2 aromatic carbocycles. The molecule has 0 radical (unpaired) electrons. The molecule has 0 spiro atoms. The second kappa shape index (κ2) is 9.31. The molecule has 146 valence electrons. The van der Waals surface area contributed by atoms with Crippen molar-refractivity contribution >= 4 is 5.91 Å². The molecule has 0 aliphatic carbocycles. The highest BCUT2D eigenvalue weighted by Gasteiger charge is 2.21. The van der Waals surface area contributed by atoms with Crippen molar-refractivity contribution in [3.05, 3.63) is 53.1 Å². The summed E-state index contributed by atoms with van der Waals surface area (Å²) in [6.07, 6.45) is 0.150. The molecule has 0 heterocycles. The SMILES string of the molecule is CC[C@H](NC(=O)[C@H](C)Oc1cc(C)ccc1C)c1ccc(OC)c(OC)c1. The Morgan fingerprint density at radius 1 is 1.00 bits per heavy atom. The van der Waals surface area contributed by atoms with E-state index in [2.05, 4.69) is 5.32 Å². The number of ether oxygens (including phenoxy) is 3. The van der Waals surface area contributed by atoms with E-state index in [1.165, 1.54) is 0 Å². The number of benzene rings is 2. The molecule has 1 N–H and O–H groups in total. The second-order valence-electron chi connectivity index (χ2n) is 6.61. The highest BCUT2D eigenvalue weighted by atomic mass is 16.5. The van der Waals surface area contributed by atoms with Gasteiger partial charge in [-0.25, -0.2) is 0 Å². The molecule has 0 aliphatic rings. The van der Waals surface area contributed by atoms with Gasteiger partial charge < -0.3 is 19.5 Å². The summed E-state index contributed by atoms with van der Waals surface area (Å²) in [4.78, 5) is 12.7. The zero-order valence-electron chi connectivity index (χ0n) is 17.0. The Morgan fingerprint density at radius 3 is 2.33 bits per heavy atom. The lowest BCUT2D eigenvalue weighted by molar-refractivity contribution is -0.128. The molecule has 2 atom stereocenters. The molecule has 0 fully saturated rings. The van der Waals surface area contributed by atoms with Crippen molar-refractivity contribution < 1.29 is 19.0 Å². The number of carbonyl (C=O) groups excluding carboxylic acids is 1. The van der Waals surface area contributed by atoms with Crippen LogP contribution in [0, 0.1) is 13.8 Å². The average molecular weight is 371 g/mol. The van der Waals surface area contributed by atoms with Gasteiger partial charge >= 0.3 is 0 Å². The first kappa shape index (κ1) is 20.6. The molecule has 0 aromatic heterocycles. The van der Waals surface area contributed by atoms with E-state index in [1.807, 2.05) is 57.2 Å². The molecule has 5 nitrogen and oxygen atoms in total. The van der Waals surface area contributed by atoms with Crippen molar-refractivity contribution in [2.45, 2.75) is 46.3 Å².